The van der Waals surface area contributed by atoms with Gasteiger partial charge in [0.05, 0.1) is 0 Å². The minimum absolute atomic E-state index is 0. The Kier molecular flexibility index (Phi) is 77.5. The molecule has 0 aliphatic heterocycles. The fraction of sp³-hybridized carbons (Fsp3) is 0.667. The molecule has 0 aliphatic carbocycles. The SMILES string of the molecule is O=C([O-])C([O-])C([O-])C(=O)[O-].O=C([O-])C([O-])C([O-])C(=O)[O-].O=N[O-].O=N[O-].[Co].[NH-]CC[NH-].[NH-]CC[NH-].[Sb+3].[Sb+3]. The van der Waals surface area contributed by atoms with E-state index in [1.807, 2.05) is 0 Å². The second-order valence-electron chi connectivity index (χ2n) is 4.11. The van der Waals surface area contributed by atoms with Crippen LogP contribution in [0.5, 0.6) is 0 Å². The summed E-state index contributed by atoms with van der Waals surface area (Å²) in [6.07, 6.45) is -11.2. The van der Waals surface area contributed by atoms with Gasteiger partial charge in [-0.2, -0.15) is 26.2 Å². The number of carbonyl (C=O) groups excluding carboxylic acids is 4. The number of carbonyl (C=O) groups is 4. The van der Waals surface area contributed by atoms with Crippen LogP contribution in [-0.2, 0) is 36.0 Å². The Bertz CT molecular complexity index is 470. The Labute approximate surface area is 252 Å². The molecule has 0 rings (SSSR count). The third-order valence-corrected chi connectivity index (χ3v) is 1.73. The average molecular weight is 803 g/mol. The molecule has 0 heterocycles. The maximum Gasteiger partial charge on any atom is 3.00 e. The van der Waals surface area contributed by atoms with E-state index in [2.05, 4.69) is 0 Å². The van der Waals surface area contributed by atoms with Gasteiger partial charge in [0.1, 0.15) is 0 Å². The van der Waals surface area contributed by atoms with Gasteiger partial charge in [-0.05, 0) is 0 Å². The minimum atomic E-state index is -2.80. The first-order chi connectivity index (χ1) is 15.6. The first kappa shape index (κ1) is 60.2. The van der Waals surface area contributed by atoms with Crippen LogP contribution in [0, 0.1) is 20.2 Å². The first-order valence-corrected chi connectivity index (χ1v) is 7.54. The number of carboxylic acid groups (broad SMARTS) is 4. The zero-order valence-electron chi connectivity index (χ0n) is 17.8. The molecule has 4 unspecified atom stereocenters. The van der Waals surface area contributed by atoms with Gasteiger partial charge < -0.3 is 103 Å². The fourth-order valence-corrected chi connectivity index (χ4v) is 0.494. The van der Waals surface area contributed by atoms with Gasteiger partial charge in [0.25, 0.3) is 0 Å². The van der Waals surface area contributed by atoms with E-state index in [-0.39, 0.29) is 91.8 Å². The van der Waals surface area contributed by atoms with Crippen LogP contribution in [0.3, 0.4) is 0 Å². The van der Waals surface area contributed by atoms with E-state index < -0.39 is 48.3 Å². The van der Waals surface area contributed by atoms with Crippen molar-refractivity contribution in [2.24, 2.45) is 10.7 Å². The molecule has 0 fully saturated rings. The first-order valence-electron chi connectivity index (χ1n) is 7.54. The van der Waals surface area contributed by atoms with Gasteiger partial charge in [0, 0.05) is 40.7 Å². The minimum Gasteiger partial charge on any atom is -0.848 e. The number of rotatable bonds is 8. The summed E-state index contributed by atoms with van der Waals surface area (Å²) in [7, 11) is 0. The van der Waals surface area contributed by atoms with E-state index in [4.69, 9.17) is 43.2 Å². The molecule has 0 spiro atoms. The molecule has 5 radical (unpaired) electrons. The summed E-state index contributed by atoms with van der Waals surface area (Å²) < 4.78 is 0. The molecule has 0 aromatic rings. The van der Waals surface area contributed by atoms with Crippen LogP contribution in [0.2, 0.25) is 0 Å². The number of hydrogen-bond acceptors (Lipinski definition) is 18. The standard InChI is InChI=1S/2C4H4O6.2C2H6N2.Co.2HNO2.2Sb/c2*5-1(3(7)8)2(6)4(9)10;2*3-1-2-4;;2*2-1-3;;/h2*1-2H,(H,7,8)(H,9,10);2*3-4H,1-2H2;;2*(H,2,3);;/q4*-2;;;;2*+3/p-6. The Balaban J connectivity index is -0.0000000386. The molecule has 0 aromatic carbocycles. The summed E-state index contributed by atoms with van der Waals surface area (Å²) in [4.78, 5) is 54.1. The molecule has 0 saturated carbocycles. The van der Waals surface area contributed by atoms with Crippen LogP contribution in [0.4, 0.5) is 0 Å². The Hall–Kier alpha value is -1.50. The van der Waals surface area contributed by atoms with E-state index in [1.165, 1.54) is 0 Å². The molecule has 0 aromatic heterocycles. The van der Waals surface area contributed by atoms with Gasteiger partial charge in [0.15, 0.2) is 0 Å². The number of nitrogens with zero attached hydrogens (tertiary/aromatic N) is 2. The summed E-state index contributed by atoms with van der Waals surface area (Å²) in [6.45, 7) is 0.944. The number of aliphatic carboxylic acids is 4. The van der Waals surface area contributed by atoms with Crippen molar-refractivity contribution < 1.29 is 76.8 Å². The third-order valence-electron chi connectivity index (χ3n) is 1.73. The van der Waals surface area contributed by atoms with Crippen LogP contribution in [0.25, 0.3) is 22.9 Å². The molecule has 25 heteroatoms. The van der Waals surface area contributed by atoms with Crippen molar-refractivity contribution in [3.63, 3.8) is 0 Å². The van der Waals surface area contributed by atoms with Crippen molar-refractivity contribution in [1.82, 2.24) is 0 Å². The van der Waals surface area contributed by atoms with Crippen molar-refractivity contribution in [2.75, 3.05) is 26.2 Å². The van der Waals surface area contributed by atoms with Crippen molar-refractivity contribution in [3.8, 4) is 0 Å². The second kappa shape index (κ2) is 47.7. The molecule has 217 valence electrons. The topological polar surface area (TPSA) is 453 Å². The van der Waals surface area contributed by atoms with E-state index in [9.17, 15) is 60.0 Å². The average Bonchev–Trinajstić information content (AvgIpc) is 2.78. The van der Waals surface area contributed by atoms with Gasteiger partial charge in [0.2, 0.25) is 0 Å². The smallest absolute Gasteiger partial charge is 0.848 e. The summed E-state index contributed by atoms with van der Waals surface area (Å²) in [5.74, 6) is -8.93. The van der Waals surface area contributed by atoms with Gasteiger partial charge in [-0.25, -0.2) is 0 Å². The summed E-state index contributed by atoms with van der Waals surface area (Å²) in [5.41, 5.74) is 25.1. The monoisotopic (exact) mass is 801 g/mol. The molecular weight excluding hydrogens is 787 g/mol. The van der Waals surface area contributed by atoms with Gasteiger partial charge >= 0.3 is 48.9 Å². The number of hydrogen-bond donors (Lipinski definition) is 0. The molecule has 0 saturated heterocycles. The molecule has 0 aliphatic rings. The van der Waals surface area contributed by atoms with E-state index >= 15 is 0 Å². The molecule has 37 heavy (non-hydrogen) atoms. The van der Waals surface area contributed by atoms with Gasteiger partial charge in [-0.1, -0.05) is 24.4 Å². The maximum absolute atomic E-state index is 9.97. The molecule has 0 bridgehead atoms. The largest absolute Gasteiger partial charge is 3.00 e. The fourth-order valence-electron chi connectivity index (χ4n) is 0.494. The zero-order valence-corrected chi connectivity index (χ0v) is 23.9. The molecule has 0 amide bonds. The Morgan fingerprint density at radius 1 is 0.514 bits per heavy atom. The summed E-state index contributed by atoms with van der Waals surface area (Å²) in [6, 6.07) is 0. The van der Waals surface area contributed by atoms with Crippen molar-refractivity contribution in [2.45, 2.75) is 24.4 Å². The van der Waals surface area contributed by atoms with Crippen molar-refractivity contribution >= 4 is 72.7 Å². The van der Waals surface area contributed by atoms with Crippen LogP contribution >= 0.6 is 0 Å². The summed E-state index contributed by atoms with van der Waals surface area (Å²) in [5, 5.41) is 96.0. The second-order valence-corrected chi connectivity index (χ2v) is 4.11. The zero-order chi connectivity index (χ0) is 28.9. The third kappa shape index (κ3) is 60.7. The predicted octanol–water partition coefficient (Wildman–Crippen LogP) is -10.2. The molecule has 4 N–H and O–H groups in total. The van der Waals surface area contributed by atoms with Crippen LogP contribution in [-0.4, -0.2) is 123 Å². The normalized spacial score (nSPS) is 10.8. The Morgan fingerprint density at radius 2 is 0.595 bits per heavy atom. The summed E-state index contributed by atoms with van der Waals surface area (Å²) >= 11 is 0. The molecule has 4 atom stereocenters. The van der Waals surface area contributed by atoms with Crippen LogP contribution in [0.1, 0.15) is 0 Å². The van der Waals surface area contributed by atoms with Crippen LogP contribution in [0.15, 0.2) is 10.7 Å². The number of nitrogens with one attached hydrogen (secondary N) is 4. The van der Waals surface area contributed by atoms with Crippen molar-refractivity contribution in [1.29, 1.82) is 0 Å². The number of carboxylic acids is 4. The van der Waals surface area contributed by atoms with Gasteiger partial charge in [-0.3, -0.25) is 0 Å². The molecule has 22 nitrogen and oxygen atoms in total. The van der Waals surface area contributed by atoms with Crippen LogP contribution < -0.4 is 40.9 Å². The maximum atomic E-state index is 9.97. The van der Waals surface area contributed by atoms with E-state index in [0.29, 0.717) is 0 Å². The van der Waals surface area contributed by atoms with E-state index in [1.54, 1.807) is 0 Å². The quantitative estimate of drug-likeness (QED) is 0.125. The van der Waals surface area contributed by atoms with Gasteiger partial charge in [-0.15, -0.1) is 10.7 Å². The van der Waals surface area contributed by atoms with Crippen molar-refractivity contribution in [3.05, 3.63) is 43.2 Å². The Morgan fingerprint density at radius 3 is 0.622 bits per heavy atom. The van der Waals surface area contributed by atoms with E-state index in [0.717, 1.165) is 10.7 Å². The predicted molar refractivity (Wildman–Crippen MR) is 102 cm³/mol. The molecular formula is C12H16CoN6O16Sb2-8.